The highest BCUT2D eigenvalue weighted by molar-refractivity contribution is 6.10. The van der Waals surface area contributed by atoms with Crippen LogP contribution in [0.15, 0.2) is 48.7 Å². The third kappa shape index (κ3) is 6.82. The van der Waals surface area contributed by atoms with E-state index in [1.54, 1.807) is 13.1 Å². The molecule has 1 aromatic carbocycles. The van der Waals surface area contributed by atoms with Crippen molar-refractivity contribution >= 4 is 29.0 Å². The molecule has 0 radical (unpaired) electrons. The second-order valence-corrected chi connectivity index (χ2v) is 10.1. The van der Waals surface area contributed by atoms with Gasteiger partial charge in [-0.2, -0.15) is 18.4 Å². The molecule has 0 atom stereocenters. The first-order valence-electron chi connectivity index (χ1n) is 13.4. The summed E-state index contributed by atoms with van der Waals surface area (Å²) in [7, 11) is 0. The van der Waals surface area contributed by atoms with E-state index in [9.17, 15) is 23.2 Å². The lowest BCUT2D eigenvalue weighted by Crippen LogP contribution is -2.33. The molecule has 0 bridgehead atoms. The van der Waals surface area contributed by atoms with E-state index in [4.69, 9.17) is 10.1 Å². The molecule has 3 heterocycles. The number of nitriles is 1. The van der Waals surface area contributed by atoms with Gasteiger partial charge in [0.2, 0.25) is 0 Å². The van der Waals surface area contributed by atoms with E-state index in [2.05, 4.69) is 26.3 Å². The van der Waals surface area contributed by atoms with Gasteiger partial charge in [0.1, 0.15) is 11.6 Å². The van der Waals surface area contributed by atoms with Crippen LogP contribution in [0.2, 0.25) is 0 Å². The van der Waals surface area contributed by atoms with Crippen LogP contribution in [-0.2, 0) is 10.9 Å². The first-order valence-corrected chi connectivity index (χ1v) is 13.4. The van der Waals surface area contributed by atoms with E-state index in [1.807, 2.05) is 26.0 Å². The monoisotopic (exact) mass is 564 g/mol. The van der Waals surface area contributed by atoms with Gasteiger partial charge in [-0.15, -0.1) is 0 Å². The van der Waals surface area contributed by atoms with Crippen molar-refractivity contribution in [2.45, 2.75) is 39.8 Å². The lowest BCUT2D eigenvalue weighted by molar-refractivity contribution is -0.137. The van der Waals surface area contributed by atoms with E-state index < -0.39 is 17.7 Å². The Labute approximate surface area is 236 Å². The van der Waals surface area contributed by atoms with Crippen LogP contribution < -0.4 is 10.2 Å². The summed E-state index contributed by atoms with van der Waals surface area (Å²) in [6.45, 7) is 6.83. The maximum Gasteiger partial charge on any atom is 0.416 e. The molecule has 3 aromatic rings. The number of aromatic nitrogens is 2. The summed E-state index contributed by atoms with van der Waals surface area (Å²) in [4.78, 5) is 23.9. The molecule has 0 aliphatic carbocycles. The molecule has 11 heteroatoms. The SMILES string of the molecule is CCOC(=O)c1cc(-c2ccc(N3CCC(C#N)CC3)nc2)c(C(=N)C(C)C)c(Nc2cccc(C(F)(F)F)c2)n1. The van der Waals surface area contributed by atoms with Crippen molar-refractivity contribution in [1.82, 2.24) is 9.97 Å². The van der Waals surface area contributed by atoms with Gasteiger partial charge in [0.15, 0.2) is 5.69 Å². The normalized spacial score (nSPS) is 14.0. The molecule has 0 spiro atoms. The third-order valence-corrected chi connectivity index (χ3v) is 6.86. The highest BCUT2D eigenvalue weighted by atomic mass is 19.4. The van der Waals surface area contributed by atoms with Gasteiger partial charge in [0, 0.05) is 47.7 Å². The number of halogens is 3. The van der Waals surface area contributed by atoms with Crippen molar-refractivity contribution in [2.75, 3.05) is 29.9 Å². The summed E-state index contributed by atoms with van der Waals surface area (Å²) in [5.74, 6) is -0.122. The molecular weight excluding hydrogens is 533 g/mol. The fourth-order valence-electron chi connectivity index (χ4n) is 4.61. The predicted octanol–water partition coefficient (Wildman–Crippen LogP) is 6.85. The molecule has 0 unspecified atom stereocenters. The summed E-state index contributed by atoms with van der Waals surface area (Å²) >= 11 is 0. The Kier molecular flexibility index (Phi) is 8.91. The molecule has 2 N–H and O–H groups in total. The quantitative estimate of drug-likeness (QED) is 0.227. The lowest BCUT2D eigenvalue weighted by atomic mass is 9.92. The lowest BCUT2D eigenvalue weighted by Gasteiger charge is -2.30. The Morgan fingerprint density at radius 3 is 2.54 bits per heavy atom. The van der Waals surface area contributed by atoms with Crippen LogP contribution in [0.25, 0.3) is 11.1 Å². The predicted molar refractivity (Wildman–Crippen MR) is 150 cm³/mol. The first kappa shape index (κ1) is 29.5. The Morgan fingerprint density at radius 1 is 1.22 bits per heavy atom. The number of alkyl halides is 3. The number of nitrogens with zero attached hydrogens (tertiary/aromatic N) is 4. The standard InChI is InChI=1S/C30H31F3N6O2/c1-4-41-29(40)24-15-23(20-8-9-25(36-17-20)39-12-10-19(16-34)11-13-39)26(27(35)18(2)3)28(38-24)37-22-7-5-6-21(14-22)30(31,32)33/h5-9,14-15,17-19,35H,4,10-13H2,1-3H3,(H,37,38). The van der Waals surface area contributed by atoms with Gasteiger partial charge in [-0.1, -0.05) is 19.9 Å². The Balaban J connectivity index is 1.82. The summed E-state index contributed by atoms with van der Waals surface area (Å²) in [6.07, 6.45) is -1.39. The van der Waals surface area contributed by atoms with E-state index in [-0.39, 0.29) is 41.4 Å². The number of carbonyl (C=O) groups excluding carboxylic acids is 1. The molecule has 0 amide bonds. The van der Waals surface area contributed by atoms with Crippen LogP contribution in [-0.4, -0.2) is 41.3 Å². The Morgan fingerprint density at radius 2 is 1.95 bits per heavy atom. The third-order valence-electron chi connectivity index (χ3n) is 6.86. The van der Waals surface area contributed by atoms with Gasteiger partial charge in [-0.05, 0) is 67.6 Å². The highest BCUT2D eigenvalue weighted by Crippen LogP contribution is 2.36. The van der Waals surface area contributed by atoms with Gasteiger partial charge >= 0.3 is 12.1 Å². The number of anilines is 3. The minimum Gasteiger partial charge on any atom is -0.461 e. The number of benzene rings is 1. The van der Waals surface area contributed by atoms with Crippen molar-refractivity contribution in [3.8, 4) is 17.2 Å². The van der Waals surface area contributed by atoms with E-state index >= 15 is 0 Å². The average Bonchev–Trinajstić information content (AvgIpc) is 2.96. The number of ether oxygens (including phenoxy) is 1. The van der Waals surface area contributed by atoms with Crippen LogP contribution in [0.1, 0.15) is 55.2 Å². The van der Waals surface area contributed by atoms with Gasteiger partial charge in [-0.3, -0.25) is 0 Å². The minimum atomic E-state index is -4.55. The van der Waals surface area contributed by atoms with Crippen molar-refractivity contribution in [1.29, 1.82) is 10.7 Å². The number of esters is 1. The molecule has 0 saturated carbocycles. The van der Waals surface area contributed by atoms with Crippen molar-refractivity contribution in [3.05, 3.63) is 65.5 Å². The number of hydrogen-bond acceptors (Lipinski definition) is 8. The molecule has 214 valence electrons. The van der Waals surface area contributed by atoms with Crippen molar-refractivity contribution < 1.29 is 22.7 Å². The first-order chi connectivity index (χ1) is 19.5. The second kappa shape index (κ2) is 12.4. The maximum atomic E-state index is 13.4. The largest absolute Gasteiger partial charge is 0.461 e. The Bertz CT molecular complexity index is 1460. The molecule has 1 fully saturated rings. The number of pyridine rings is 2. The number of carbonyl (C=O) groups is 1. The molecule has 2 aromatic heterocycles. The highest BCUT2D eigenvalue weighted by Gasteiger charge is 2.31. The van der Waals surface area contributed by atoms with Crippen molar-refractivity contribution in [2.24, 2.45) is 11.8 Å². The summed E-state index contributed by atoms with van der Waals surface area (Å²) in [5, 5.41) is 21.0. The summed E-state index contributed by atoms with van der Waals surface area (Å²) in [5.41, 5.74) is 0.795. The maximum absolute atomic E-state index is 13.4. The molecule has 1 saturated heterocycles. The van der Waals surface area contributed by atoms with Crippen LogP contribution in [0.5, 0.6) is 0 Å². The number of hydrogen-bond donors (Lipinski definition) is 2. The molecule has 41 heavy (non-hydrogen) atoms. The van der Waals surface area contributed by atoms with Gasteiger partial charge in [0.05, 0.1) is 18.2 Å². The van der Waals surface area contributed by atoms with E-state index in [0.29, 0.717) is 29.8 Å². The summed E-state index contributed by atoms with van der Waals surface area (Å²) < 4.78 is 45.4. The minimum absolute atomic E-state index is 0.0380. The molecule has 1 aliphatic rings. The zero-order valence-electron chi connectivity index (χ0n) is 23.0. The van der Waals surface area contributed by atoms with Crippen LogP contribution >= 0.6 is 0 Å². The molecular formula is C30H31F3N6O2. The Hall–Kier alpha value is -4.46. The number of nitrogens with one attached hydrogen (secondary N) is 2. The van der Waals surface area contributed by atoms with Gasteiger partial charge in [-0.25, -0.2) is 14.8 Å². The fraction of sp³-hybridized carbons (Fsp3) is 0.367. The van der Waals surface area contributed by atoms with E-state index in [0.717, 1.165) is 30.8 Å². The molecule has 4 rings (SSSR count). The zero-order chi connectivity index (χ0) is 29.7. The second-order valence-electron chi connectivity index (χ2n) is 10.1. The van der Waals surface area contributed by atoms with Crippen molar-refractivity contribution in [3.63, 3.8) is 0 Å². The molecule has 8 nitrogen and oxygen atoms in total. The summed E-state index contributed by atoms with van der Waals surface area (Å²) in [6, 6.07) is 12.2. The smallest absolute Gasteiger partial charge is 0.416 e. The zero-order valence-corrected chi connectivity index (χ0v) is 23.0. The van der Waals surface area contributed by atoms with Gasteiger partial charge < -0.3 is 20.4 Å². The molecule has 1 aliphatic heterocycles. The average molecular weight is 565 g/mol. The van der Waals surface area contributed by atoms with Gasteiger partial charge in [0.25, 0.3) is 0 Å². The van der Waals surface area contributed by atoms with E-state index in [1.165, 1.54) is 18.2 Å². The number of rotatable bonds is 8. The van der Waals surface area contributed by atoms with Crippen LogP contribution in [0, 0.1) is 28.6 Å². The fourth-order valence-corrected chi connectivity index (χ4v) is 4.61. The number of piperidine rings is 1. The van der Waals surface area contributed by atoms with Crippen LogP contribution in [0.3, 0.4) is 0 Å². The topological polar surface area (TPSA) is 115 Å². The van der Waals surface area contributed by atoms with Crippen LogP contribution in [0.4, 0.5) is 30.5 Å².